The molecule has 102 valence electrons. The Morgan fingerprint density at radius 2 is 1.95 bits per heavy atom. The van der Waals surface area contributed by atoms with Gasteiger partial charge in [0.15, 0.2) is 0 Å². The van der Waals surface area contributed by atoms with Gasteiger partial charge in [0, 0.05) is 30.0 Å². The topological polar surface area (TPSA) is 58.4 Å². The molecule has 0 bridgehead atoms. The molecular weight excluding hydrogens is 250 g/mol. The van der Waals surface area contributed by atoms with Crippen molar-refractivity contribution >= 4 is 17.3 Å². The van der Waals surface area contributed by atoms with Gasteiger partial charge in [0.05, 0.1) is 0 Å². The van der Waals surface area contributed by atoms with E-state index in [9.17, 15) is 4.79 Å². The van der Waals surface area contributed by atoms with E-state index >= 15 is 0 Å². The number of benzene rings is 2. The lowest BCUT2D eigenvalue weighted by Gasteiger charge is -2.07. The fraction of sp³-hybridized carbons (Fsp3) is 0.188. The second-order valence-electron chi connectivity index (χ2n) is 5.24. The van der Waals surface area contributed by atoms with E-state index in [0.717, 1.165) is 13.1 Å². The van der Waals surface area contributed by atoms with Gasteiger partial charge in [0.25, 0.3) is 5.91 Å². The Labute approximate surface area is 118 Å². The van der Waals surface area contributed by atoms with Crippen LogP contribution in [0.15, 0.2) is 42.5 Å². The Bertz CT molecular complexity index is 667. The van der Waals surface area contributed by atoms with Crippen molar-refractivity contribution in [1.82, 2.24) is 4.90 Å². The molecule has 2 aromatic rings. The molecule has 0 unspecified atom stereocenters. The Morgan fingerprint density at radius 3 is 2.75 bits per heavy atom. The van der Waals surface area contributed by atoms with Crippen LogP contribution in [0.5, 0.6) is 0 Å². The number of nitrogens with zero attached hydrogens (tertiary/aromatic N) is 1. The van der Waals surface area contributed by atoms with Gasteiger partial charge in [-0.3, -0.25) is 9.69 Å². The summed E-state index contributed by atoms with van der Waals surface area (Å²) in [7, 11) is 2.08. The van der Waals surface area contributed by atoms with Crippen LogP contribution in [-0.4, -0.2) is 17.9 Å². The molecule has 0 aliphatic carbocycles. The van der Waals surface area contributed by atoms with E-state index in [4.69, 9.17) is 5.73 Å². The molecule has 1 aliphatic heterocycles. The smallest absolute Gasteiger partial charge is 0.255 e. The zero-order chi connectivity index (χ0) is 14.1. The van der Waals surface area contributed by atoms with Gasteiger partial charge in [-0.15, -0.1) is 0 Å². The molecule has 3 rings (SSSR count). The quantitative estimate of drug-likeness (QED) is 0.822. The summed E-state index contributed by atoms with van der Waals surface area (Å²) < 4.78 is 0. The highest BCUT2D eigenvalue weighted by Gasteiger charge is 2.17. The van der Waals surface area contributed by atoms with Gasteiger partial charge in [-0.1, -0.05) is 12.1 Å². The van der Waals surface area contributed by atoms with Crippen LogP contribution in [0.25, 0.3) is 0 Å². The number of amides is 1. The van der Waals surface area contributed by atoms with E-state index in [-0.39, 0.29) is 5.91 Å². The predicted molar refractivity (Wildman–Crippen MR) is 80.4 cm³/mol. The summed E-state index contributed by atoms with van der Waals surface area (Å²) in [6, 6.07) is 13.1. The third kappa shape index (κ3) is 2.51. The van der Waals surface area contributed by atoms with Crippen molar-refractivity contribution in [3.05, 3.63) is 59.2 Å². The summed E-state index contributed by atoms with van der Waals surface area (Å²) >= 11 is 0. The normalized spacial score (nSPS) is 14.1. The van der Waals surface area contributed by atoms with Crippen LogP contribution < -0.4 is 11.1 Å². The Kier molecular flexibility index (Phi) is 3.16. The first-order chi connectivity index (χ1) is 9.61. The number of anilines is 2. The molecule has 0 atom stereocenters. The van der Waals surface area contributed by atoms with Crippen molar-refractivity contribution in [3.63, 3.8) is 0 Å². The molecule has 1 heterocycles. The highest BCUT2D eigenvalue weighted by Crippen LogP contribution is 2.23. The Balaban J connectivity index is 1.80. The maximum Gasteiger partial charge on any atom is 0.255 e. The van der Waals surface area contributed by atoms with Crippen molar-refractivity contribution < 1.29 is 4.79 Å². The summed E-state index contributed by atoms with van der Waals surface area (Å²) in [4.78, 5) is 14.5. The number of hydrogen-bond acceptors (Lipinski definition) is 3. The van der Waals surface area contributed by atoms with E-state index in [1.165, 1.54) is 11.1 Å². The lowest BCUT2D eigenvalue weighted by atomic mass is 10.1. The fourth-order valence-electron chi connectivity index (χ4n) is 2.53. The largest absolute Gasteiger partial charge is 0.399 e. The first-order valence-electron chi connectivity index (χ1n) is 6.59. The van der Waals surface area contributed by atoms with Gasteiger partial charge in [0.1, 0.15) is 0 Å². The van der Waals surface area contributed by atoms with Crippen LogP contribution in [0.2, 0.25) is 0 Å². The molecule has 0 radical (unpaired) electrons. The van der Waals surface area contributed by atoms with Gasteiger partial charge in [-0.25, -0.2) is 0 Å². The van der Waals surface area contributed by atoms with Crippen LogP contribution in [-0.2, 0) is 13.1 Å². The Morgan fingerprint density at radius 1 is 1.15 bits per heavy atom. The van der Waals surface area contributed by atoms with Crippen LogP contribution in [0.1, 0.15) is 21.5 Å². The number of fused-ring (bicyclic) bond motifs is 1. The molecule has 4 nitrogen and oxygen atoms in total. The summed E-state index contributed by atoms with van der Waals surface area (Å²) in [5.74, 6) is -0.104. The second kappa shape index (κ2) is 4.98. The molecule has 3 N–H and O–H groups in total. The van der Waals surface area contributed by atoms with Crippen molar-refractivity contribution in [2.45, 2.75) is 13.1 Å². The fourth-order valence-corrected chi connectivity index (χ4v) is 2.53. The average molecular weight is 267 g/mol. The first-order valence-corrected chi connectivity index (χ1v) is 6.59. The minimum Gasteiger partial charge on any atom is -0.399 e. The van der Waals surface area contributed by atoms with Gasteiger partial charge >= 0.3 is 0 Å². The van der Waals surface area contributed by atoms with Crippen LogP contribution in [0.4, 0.5) is 11.4 Å². The lowest BCUT2D eigenvalue weighted by molar-refractivity contribution is 0.102. The number of nitrogens with two attached hydrogens (primary N) is 1. The van der Waals surface area contributed by atoms with Crippen molar-refractivity contribution in [3.8, 4) is 0 Å². The van der Waals surface area contributed by atoms with Gasteiger partial charge in [-0.2, -0.15) is 0 Å². The van der Waals surface area contributed by atoms with Crippen LogP contribution in [0, 0.1) is 0 Å². The zero-order valence-electron chi connectivity index (χ0n) is 11.4. The number of carbonyl (C=O) groups is 1. The number of rotatable bonds is 2. The summed E-state index contributed by atoms with van der Waals surface area (Å²) in [5, 5.41) is 2.87. The van der Waals surface area contributed by atoms with Gasteiger partial charge in [0.2, 0.25) is 0 Å². The summed E-state index contributed by atoms with van der Waals surface area (Å²) in [6.45, 7) is 1.85. The SMILES string of the molecule is CN1Cc2ccc(C(=O)Nc3cccc(N)c3)cc2C1. The predicted octanol–water partition coefficient (Wildman–Crippen LogP) is 2.47. The molecule has 0 saturated carbocycles. The zero-order valence-corrected chi connectivity index (χ0v) is 11.4. The van der Waals surface area contributed by atoms with E-state index in [1.807, 2.05) is 30.3 Å². The van der Waals surface area contributed by atoms with Crippen LogP contribution >= 0.6 is 0 Å². The molecule has 1 aliphatic rings. The third-order valence-electron chi connectivity index (χ3n) is 3.49. The van der Waals surface area contributed by atoms with Crippen molar-refractivity contribution in [2.24, 2.45) is 0 Å². The van der Waals surface area contributed by atoms with E-state index < -0.39 is 0 Å². The second-order valence-corrected chi connectivity index (χ2v) is 5.24. The number of nitrogen functional groups attached to an aromatic ring is 1. The third-order valence-corrected chi connectivity index (χ3v) is 3.49. The highest BCUT2D eigenvalue weighted by molar-refractivity contribution is 6.04. The number of carbonyl (C=O) groups excluding carboxylic acids is 1. The van der Waals surface area contributed by atoms with E-state index in [1.54, 1.807) is 12.1 Å². The molecule has 0 fully saturated rings. The first kappa shape index (κ1) is 12.7. The summed E-state index contributed by atoms with van der Waals surface area (Å²) in [6.07, 6.45) is 0. The lowest BCUT2D eigenvalue weighted by Crippen LogP contribution is -2.12. The average Bonchev–Trinajstić information content (AvgIpc) is 2.77. The highest BCUT2D eigenvalue weighted by atomic mass is 16.1. The summed E-state index contributed by atoms with van der Waals surface area (Å²) in [5.41, 5.74) is 10.3. The molecule has 1 amide bonds. The minimum atomic E-state index is -0.104. The maximum absolute atomic E-state index is 12.2. The molecule has 0 spiro atoms. The van der Waals surface area contributed by atoms with E-state index in [2.05, 4.69) is 17.3 Å². The maximum atomic E-state index is 12.2. The Hall–Kier alpha value is -2.33. The molecule has 20 heavy (non-hydrogen) atoms. The minimum absolute atomic E-state index is 0.104. The van der Waals surface area contributed by atoms with Crippen molar-refractivity contribution in [1.29, 1.82) is 0 Å². The van der Waals surface area contributed by atoms with E-state index in [0.29, 0.717) is 16.9 Å². The molecule has 0 saturated heterocycles. The molecule has 0 aromatic heterocycles. The van der Waals surface area contributed by atoms with Crippen molar-refractivity contribution in [2.75, 3.05) is 18.1 Å². The number of nitrogens with one attached hydrogen (secondary N) is 1. The monoisotopic (exact) mass is 267 g/mol. The number of hydrogen-bond donors (Lipinski definition) is 2. The molecule has 2 aromatic carbocycles. The van der Waals surface area contributed by atoms with Crippen LogP contribution in [0.3, 0.4) is 0 Å². The standard InChI is InChI=1S/C16H17N3O/c1-19-9-12-6-5-11(7-13(12)10-19)16(20)18-15-4-2-3-14(17)8-15/h2-8H,9-10,17H2,1H3,(H,18,20). The molecule has 4 heteroatoms. The van der Waals surface area contributed by atoms with Gasteiger partial charge in [-0.05, 0) is 48.5 Å². The molecular formula is C16H17N3O. The van der Waals surface area contributed by atoms with Gasteiger partial charge < -0.3 is 11.1 Å².